The summed E-state index contributed by atoms with van der Waals surface area (Å²) in [7, 11) is 0. The second-order valence-electron chi connectivity index (χ2n) is 8.95. The van der Waals surface area contributed by atoms with Crippen LogP contribution in [0.1, 0.15) is 62.5 Å². The molecule has 0 aliphatic carbocycles. The smallest absolute Gasteiger partial charge is 0.144 e. The maximum absolute atomic E-state index is 8.87. The molecule has 3 rings (SSSR count). The number of ether oxygens (including phenoxy) is 2. The Labute approximate surface area is 213 Å². The van der Waals surface area contributed by atoms with E-state index in [4.69, 9.17) is 31.5 Å². The lowest BCUT2D eigenvalue weighted by molar-refractivity contribution is 0.298. The van der Waals surface area contributed by atoms with E-state index in [1.165, 1.54) is 0 Å². The number of rotatable bonds is 16. The van der Waals surface area contributed by atoms with Crippen molar-refractivity contribution in [1.29, 1.82) is 10.5 Å². The average Bonchev–Trinajstić information content (AvgIpc) is 3.54. The van der Waals surface area contributed by atoms with Crippen LogP contribution in [0.4, 0.5) is 11.4 Å². The molecule has 0 aliphatic rings. The summed E-state index contributed by atoms with van der Waals surface area (Å²) in [5.74, 6) is 1.20. The van der Waals surface area contributed by atoms with Gasteiger partial charge in [0.15, 0.2) is 0 Å². The maximum atomic E-state index is 8.87. The number of unbranched alkanes of at least 4 members (excludes halogenated alkanes) is 6. The van der Waals surface area contributed by atoms with Gasteiger partial charge in [0, 0.05) is 50.0 Å². The number of nitriles is 2. The highest BCUT2D eigenvalue weighted by atomic mass is 16.5. The van der Waals surface area contributed by atoms with Crippen molar-refractivity contribution in [3.8, 4) is 23.6 Å². The Bertz CT molecular complexity index is 1080. The molecule has 3 aromatic rings. The summed E-state index contributed by atoms with van der Waals surface area (Å²) in [6, 6.07) is 11.5. The molecule has 0 spiro atoms. The number of nitrogens with two attached hydrogens (primary N) is 2. The van der Waals surface area contributed by atoms with Crippen molar-refractivity contribution in [1.82, 2.24) is 9.13 Å². The van der Waals surface area contributed by atoms with Gasteiger partial charge < -0.3 is 30.1 Å². The van der Waals surface area contributed by atoms with E-state index in [9.17, 15) is 0 Å². The molecule has 190 valence electrons. The van der Waals surface area contributed by atoms with E-state index in [-0.39, 0.29) is 0 Å². The zero-order valence-electron chi connectivity index (χ0n) is 20.9. The van der Waals surface area contributed by atoms with Gasteiger partial charge in [-0.2, -0.15) is 10.5 Å². The molecule has 0 bridgehead atoms. The van der Waals surface area contributed by atoms with Crippen LogP contribution in [-0.4, -0.2) is 22.3 Å². The van der Waals surface area contributed by atoms with Crippen LogP contribution >= 0.6 is 0 Å². The Balaban J connectivity index is 1.25. The standard InChI is InChI=1S/C28H36N6O2/c29-19-23-9-13-33(21-23)11-5-1-3-7-15-35-27-17-26(32)28(18-25(27)31)36-16-8-4-2-6-12-34-14-10-24(20-30)22-34/h9-10,13-14,17-18,21-22H,1-8,11-12,15-16,31-32H2. The Morgan fingerprint density at radius 2 is 1.06 bits per heavy atom. The van der Waals surface area contributed by atoms with Crippen molar-refractivity contribution in [3.63, 3.8) is 0 Å². The van der Waals surface area contributed by atoms with Crippen LogP contribution in [0.25, 0.3) is 0 Å². The number of hydrogen-bond donors (Lipinski definition) is 2. The minimum atomic E-state index is 0.531. The van der Waals surface area contributed by atoms with E-state index in [1.54, 1.807) is 12.1 Å². The van der Waals surface area contributed by atoms with E-state index >= 15 is 0 Å². The van der Waals surface area contributed by atoms with Crippen molar-refractivity contribution in [2.75, 3.05) is 24.7 Å². The minimum absolute atomic E-state index is 0.531. The molecule has 2 aromatic heterocycles. The van der Waals surface area contributed by atoms with E-state index in [0.717, 1.165) is 64.5 Å². The van der Waals surface area contributed by atoms with Crippen LogP contribution in [0, 0.1) is 22.7 Å². The van der Waals surface area contributed by atoms with E-state index in [2.05, 4.69) is 21.3 Å². The van der Waals surface area contributed by atoms with Gasteiger partial charge in [0.05, 0.1) is 35.7 Å². The number of aryl methyl sites for hydroxylation is 2. The zero-order chi connectivity index (χ0) is 25.6. The second-order valence-corrected chi connectivity index (χ2v) is 8.95. The molecule has 2 heterocycles. The van der Waals surface area contributed by atoms with E-state index in [0.29, 0.717) is 47.2 Å². The number of hydrogen-bond acceptors (Lipinski definition) is 6. The number of nitrogens with zero attached hydrogens (tertiary/aromatic N) is 4. The molecule has 0 saturated heterocycles. The first-order valence-corrected chi connectivity index (χ1v) is 12.7. The van der Waals surface area contributed by atoms with Gasteiger partial charge in [-0.1, -0.05) is 25.7 Å². The monoisotopic (exact) mass is 488 g/mol. The van der Waals surface area contributed by atoms with Crippen LogP contribution in [0.15, 0.2) is 49.1 Å². The van der Waals surface area contributed by atoms with Gasteiger partial charge in [-0.25, -0.2) is 0 Å². The summed E-state index contributed by atoms with van der Waals surface area (Å²) < 4.78 is 15.8. The number of aromatic nitrogens is 2. The second kappa shape index (κ2) is 14.4. The van der Waals surface area contributed by atoms with Gasteiger partial charge in [0.2, 0.25) is 0 Å². The van der Waals surface area contributed by atoms with Crippen molar-refractivity contribution in [2.24, 2.45) is 0 Å². The topological polar surface area (TPSA) is 128 Å². The molecular weight excluding hydrogens is 452 g/mol. The first kappa shape index (κ1) is 26.6. The fourth-order valence-corrected chi connectivity index (χ4v) is 4.00. The van der Waals surface area contributed by atoms with Crippen molar-refractivity contribution >= 4 is 11.4 Å². The zero-order valence-corrected chi connectivity index (χ0v) is 20.9. The average molecular weight is 489 g/mol. The van der Waals surface area contributed by atoms with E-state index in [1.807, 2.05) is 36.9 Å². The SMILES string of the molecule is N#Cc1ccn(CCCCCCOc2cc(N)c(OCCCCCCn3ccc(C#N)c3)cc2N)c1. The molecule has 1 aromatic carbocycles. The summed E-state index contributed by atoms with van der Waals surface area (Å²) in [5.41, 5.74) is 14.8. The highest BCUT2D eigenvalue weighted by Gasteiger charge is 2.08. The lowest BCUT2D eigenvalue weighted by atomic mass is 10.2. The van der Waals surface area contributed by atoms with Crippen molar-refractivity contribution < 1.29 is 9.47 Å². The molecule has 0 amide bonds. The summed E-state index contributed by atoms with van der Waals surface area (Å²) >= 11 is 0. The molecule has 0 radical (unpaired) electrons. The molecule has 0 fully saturated rings. The molecule has 8 nitrogen and oxygen atoms in total. The fraction of sp³-hybridized carbons (Fsp3) is 0.429. The number of nitrogen functional groups attached to an aromatic ring is 2. The lowest BCUT2D eigenvalue weighted by Crippen LogP contribution is -2.05. The third kappa shape index (κ3) is 8.63. The van der Waals surface area contributed by atoms with Crippen molar-refractivity contribution in [3.05, 3.63) is 60.2 Å². The first-order chi connectivity index (χ1) is 17.6. The highest BCUT2D eigenvalue weighted by molar-refractivity contribution is 5.67. The van der Waals surface area contributed by atoms with Gasteiger partial charge in [-0.15, -0.1) is 0 Å². The van der Waals surface area contributed by atoms with Crippen LogP contribution < -0.4 is 20.9 Å². The van der Waals surface area contributed by atoms with Crippen LogP contribution in [0.5, 0.6) is 11.5 Å². The van der Waals surface area contributed by atoms with E-state index < -0.39 is 0 Å². The quantitative estimate of drug-likeness (QED) is 0.203. The van der Waals surface area contributed by atoms with Gasteiger partial charge in [0.25, 0.3) is 0 Å². The molecule has 36 heavy (non-hydrogen) atoms. The molecular formula is C28H36N6O2. The fourth-order valence-electron chi connectivity index (χ4n) is 4.00. The normalized spacial score (nSPS) is 10.6. The minimum Gasteiger partial charge on any atom is -0.491 e. The molecule has 0 atom stereocenters. The molecule has 0 saturated carbocycles. The highest BCUT2D eigenvalue weighted by Crippen LogP contribution is 2.33. The largest absolute Gasteiger partial charge is 0.491 e. The van der Waals surface area contributed by atoms with Crippen LogP contribution in [0.3, 0.4) is 0 Å². The van der Waals surface area contributed by atoms with Crippen LogP contribution in [0.2, 0.25) is 0 Å². The molecule has 0 unspecified atom stereocenters. The third-order valence-corrected chi connectivity index (χ3v) is 6.04. The Morgan fingerprint density at radius 3 is 1.44 bits per heavy atom. The van der Waals surface area contributed by atoms with Gasteiger partial charge >= 0.3 is 0 Å². The summed E-state index contributed by atoms with van der Waals surface area (Å²) in [6.07, 6.45) is 16.0. The Morgan fingerprint density at radius 1 is 0.639 bits per heavy atom. The molecule has 8 heteroatoms. The number of benzene rings is 1. The predicted octanol–water partition coefficient (Wildman–Crippen LogP) is 5.48. The predicted molar refractivity (Wildman–Crippen MR) is 141 cm³/mol. The molecule has 0 aliphatic heterocycles. The van der Waals surface area contributed by atoms with Crippen molar-refractivity contribution in [2.45, 2.75) is 64.5 Å². The molecule has 4 N–H and O–H groups in total. The van der Waals surface area contributed by atoms with Gasteiger partial charge in [-0.05, 0) is 37.8 Å². The Kier molecular flexibility index (Phi) is 10.6. The van der Waals surface area contributed by atoms with Crippen LogP contribution in [-0.2, 0) is 13.1 Å². The summed E-state index contributed by atoms with van der Waals surface area (Å²) in [6.45, 7) is 3.02. The first-order valence-electron chi connectivity index (χ1n) is 12.7. The Hall–Kier alpha value is -4.04. The maximum Gasteiger partial charge on any atom is 0.144 e. The van der Waals surface area contributed by atoms with Gasteiger partial charge in [-0.3, -0.25) is 0 Å². The number of anilines is 2. The third-order valence-electron chi connectivity index (χ3n) is 6.04. The van der Waals surface area contributed by atoms with Gasteiger partial charge in [0.1, 0.15) is 23.6 Å². The lowest BCUT2D eigenvalue weighted by Gasteiger charge is -2.14. The summed E-state index contributed by atoms with van der Waals surface area (Å²) in [4.78, 5) is 0. The summed E-state index contributed by atoms with van der Waals surface area (Å²) in [5, 5.41) is 17.7.